The van der Waals surface area contributed by atoms with E-state index in [2.05, 4.69) is 5.32 Å². The van der Waals surface area contributed by atoms with Crippen molar-refractivity contribution in [3.8, 4) is 5.69 Å². The first-order valence-corrected chi connectivity index (χ1v) is 11.0. The third kappa shape index (κ3) is 3.73. The van der Waals surface area contributed by atoms with Crippen LogP contribution >= 0.6 is 0 Å². The van der Waals surface area contributed by atoms with Crippen LogP contribution in [-0.2, 0) is 9.84 Å². The highest BCUT2D eigenvalue weighted by molar-refractivity contribution is 7.92. The standard InChI is InChI=1S/C22H22N2O3S/c25-22(17-7-5-9-19(15-17)24-13-3-4-14-24)23-18-8-6-12-21(16-18)28(26,27)20-10-1-2-11-20/h3-9,12-16,20H,1-2,10-11H2,(H,23,25). The van der Waals surface area contributed by atoms with Gasteiger partial charge in [0, 0.05) is 29.3 Å². The van der Waals surface area contributed by atoms with E-state index in [1.54, 1.807) is 36.4 Å². The molecule has 0 bridgehead atoms. The number of carbonyl (C=O) groups is 1. The van der Waals surface area contributed by atoms with E-state index in [-0.39, 0.29) is 16.1 Å². The number of carbonyl (C=O) groups excluding carboxylic acids is 1. The zero-order chi connectivity index (χ0) is 19.6. The Bertz CT molecular complexity index is 1080. The summed E-state index contributed by atoms with van der Waals surface area (Å²) in [6.45, 7) is 0. The number of rotatable bonds is 5. The Morgan fingerprint density at radius 1 is 0.929 bits per heavy atom. The van der Waals surface area contributed by atoms with Crippen molar-refractivity contribution >= 4 is 21.4 Å². The van der Waals surface area contributed by atoms with E-state index in [1.807, 2.05) is 41.2 Å². The van der Waals surface area contributed by atoms with Crippen LogP contribution in [0.25, 0.3) is 5.69 Å². The summed E-state index contributed by atoms with van der Waals surface area (Å²) < 4.78 is 27.5. The fourth-order valence-electron chi connectivity index (χ4n) is 3.66. The van der Waals surface area contributed by atoms with E-state index in [0.29, 0.717) is 24.1 Å². The van der Waals surface area contributed by atoms with Gasteiger partial charge < -0.3 is 9.88 Å². The molecule has 0 aliphatic heterocycles. The van der Waals surface area contributed by atoms with Crippen LogP contribution in [0.2, 0.25) is 0 Å². The fourth-order valence-corrected chi connectivity index (χ4v) is 5.56. The lowest BCUT2D eigenvalue weighted by molar-refractivity contribution is 0.102. The summed E-state index contributed by atoms with van der Waals surface area (Å²) in [6.07, 6.45) is 7.16. The molecule has 2 aromatic carbocycles. The molecule has 0 spiro atoms. The SMILES string of the molecule is O=C(Nc1cccc(S(=O)(=O)C2CCCC2)c1)c1cccc(-n2cccc2)c1. The highest BCUT2D eigenvalue weighted by atomic mass is 32.2. The first-order chi connectivity index (χ1) is 13.5. The summed E-state index contributed by atoms with van der Waals surface area (Å²) >= 11 is 0. The highest BCUT2D eigenvalue weighted by Gasteiger charge is 2.30. The van der Waals surface area contributed by atoms with Crippen molar-refractivity contribution in [2.75, 3.05) is 5.32 Å². The molecule has 1 aliphatic rings. The maximum Gasteiger partial charge on any atom is 0.255 e. The van der Waals surface area contributed by atoms with Gasteiger partial charge in [0.2, 0.25) is 0 Å². The van der Waals surface area contributed by atoms with Crippen LogP contribution < -0.4 is 5.32 Å². The van der Waals surface area contributed by atoms with Gasteiger partial charge in [0.1, 0.15) is 0 Å². The summed E-state index contributed by atoms with van der Waals surface area (Å²) in [7, 11) is -3.35. The number of nitrogens with one attached hydrogen (secondary N) is 1. The van der Waals surface area contributed by atoms with Gasteiger partial charge >= 0.3 is 0 Å². The van der Waals surface area contributed by atoms with Gasteiger partial charge in [-0.2, -0.15) is 0 Å². The number of sulfone groups is 1. The van der Waals surface area contributed by atoms with E-state index in [0.717, 1.165) is 18.5 Å². The molecule has 0 unspecified atom stereocenters. The highest BCUT2D eigenvalue weighted by Crippen LogP contribution is 2.30. The number of aromatic nitrogens is 1. The Balaban J connectivity index is 1.55. The molecular formula is C22H22N2O3S. The molecule has 0 atom stereocenters. The van der Waals surface area contributed by atoms with Crippen molar-refractivity contribution in [3.05, 3.63) is 78.6 Å². The van der Waals surface area contributed by atoms with Crippen LogP contribution in [-0.4, -0.2) is 24.1 Å². The van der Waals surface area contributed by atoms with Gasteiger partial charge in [-0.1, -0.05) is 25.0 Å². The van der Waals surface area contributed by atoms with E-state index < -0.39 is 9.84 Å². The van der Waals surface area contributed by atoms with Crippen molar-refractivity contribution in [2.45, 2.75) is 35.8 Å². The Hall–Kier alpha value is -2.86. The average molecular weight is 394 g/mol. The lowest BCUT2D eigenvalue weighted by atomic mass is 10.2. The molecule has 1 N–H and O–H groups in total. The predicted octanol–water partition coefficient (Wildman–Crippen LogP) is 4.45. The molecule has 144 valence electrons. The maximum absolute atomic E-state index is 12.8. The Morgan fingerprint density at radius 3 is 2.39 bits per heavy atom. The average Bonchev–Trinajstić information content (AvgIpc) is 3.42. The molecule has 1 fully saturated rings. The van der Waals surface area contributed by atoms with Gasteiger partial charge in [-0.25, -0.2) is 8.42 Å². The minimum atomic E-state index is -3.35. The van der Waals surface area contributed by atoms with Crippen molar-refractivity contribution < 1.29 is 13.2 Å². The molecule has 0 saturated heterocycles. The molecule has 6 heteroatoms. The first-order valence-electron chi connectivity index (χ1n) is 9.43. The van der Waals surface area contributed by atoms with Crippen LogP contribution in [0, 0.1) is 0 Å². The normalized spacial score (nSPS) is 14.9. The zero-order valence-electron chi connectivity index (χ0n) is 15.4. The van der Waals surface area contributed by atoms with Crippen LogP contribution in [0.4, 0.5) is 5.69 Å². The van der Waals surface area contributed by atoms with E-state index in [4.69, 9.17) is 0 Å². The number of amides is 1. The zero-order valence-corrected chi connectivity index (χ0v) is 16.2. The van der Waals surface area contributed by atoms with Crippen molar-refractivity contribution in [1.82, 2.24) is 4.57 Å². The fraction of sp³-hybridized carbons (Fsp3) is 0.227. The van der Waals surface area contributed by atoms with Gasteiger partial charge in [-0.05, 0) is 61.4 Å². The quantitative estimate of drug-likeness (QED) is 0.695. The second kappa shape index (κ2) is 7.64. The number of hydrogen-bond donors (Lipinski definition) is 1. The third-order valence-corrected chi connectivity index (χ3v) is 7.43. The molecule has 1 amide bonds. The lowest BCUT2D eigenvalue weighted by Gasteiger charge is -2.13. The molecule has 0 radical (unpaired) electrons. The number of benzene rings is 2. The Kier molecular flexibility index (Phi) is 5.05. The van der Waals surface area contributed by atoms with Crippen LogP contribution in [0.1, 0.15) is 36.0 Å². The second-order valence-electron chi connectivity index (χ2n) is 7.07. The van der Waals surface area contributed by atoms with Crippen LogP contribution in [0.15, 0.2) is 78.0 Å². The molecule has 1 aromatic heterocycles. The Morgan fingerprint density at radius 2 is 1.64 bits per heavy atom. The first kappa shape index (κ1) is 18.5. The topological polar surface area (TPSA) is 68.2 Å². The molecule has 28 heavy (non-hydrogen) atoms. The molecule has 1 heterocycles. The van der Waals surface area contributed by atoms with Crippen LogP contribution in [0.5, 0.6) is 0 Å². The molecular weight excluding hydrogens is 372 g/mol. The summed E-state index contributed by atoms with van der Waals surface area (Å²) in [5.74, 6) is -0.274. The van der Waals surface area contributed by atoms with E-state index in [9.17, 15) is 13.2 Å². The molecule has 1 saturated carbocycles. The monoisotopic (exact) mass is 394 g/mol. The molecule has 5 nitrogen and oxygen atoms in total. The van der Waals surface area contributed by atoms with Gasteiger partial charge in [0.05, 0.1) is 10.1 Å². The van der Waals surface area contributed by atoms with Crippen molar-refractivity contribution in [3.63, 3.8) is 0 Å². The summed E-state index contributed by atoms with van der Waals surface area (Å²) in [5, 5.41) is 2.51. The predicted molar refractivity (Wildman–Crippen MR) is 110 cm³/mol. The summed E-state index contributed by atoms with van der Waals surface area (Å²) in [4.78, 5) is 13.0. The molecule has 4 rings (SSSR count). The second-order valence-corrected chi connectivity index (χ2v) is 9.30. The van der Waals surface area contributed by atoms with Gasteiger partial charge in [-0.3, -0.25) is 4.79 Å². The van der Waals surface area contributed by atoms with Gasteiger partial charge in [0.25, 0.3) is 5.91 Å². The number of anilines is 1. The lowest BCUT2D eigenvalue weighted by Crippen LogP contribution is -2.18. The minimum absolute atomic E-state index is 0.274. The van der Waals surface area contributed by atoms with Crippen molar-refractivity contribution in [2.24, 2.45) is 0 Å². The number of hydrogen-bond acceptors (Lipinski definition) is 3. The van der Waals surface area contributed by atoms with Gasteiger partial charge in [0.15, 0.2) is 9.84 Å². The van der Waals surface area contributed by atoms with Crippen LogP contribution in [0.3, 0.4) is 0 Å². The minimum Gasteiger partial charge on any atom is -0.324 e. The summed E-state index contributed by atoms with van der Waals surface area (Å²) in [5.41, 5.74) is 1.88. The number of nitrogens with zero attached hydrogens (tertiary/aromatic N) is 1. The van der Waals surface area contributed by atoms with Gasteiger partial charge in [-0.15, -0.1) is 0 Å². The van der Waals surface area contributed by atoms with Crippen molar-refractivity contribution in [1.29, 1.82) is 0 Å². The largest absolute Gasteiger partial charge is 0.324 e. The molecule has 3 aromatic rings. The van der Waals surface area contributed by atoms with E-state index in [1.165, 1.54) is 0 Å². The smallest absolute Gasteiger partial charge is 0.255 e. The summed E-state index contributed by atoms with van der Waals surface area (Å²) in [6, 6.07) is 17.7. The Labute approximate surface area is 164 Å². The molecule has 1 aliphatic carbocycles. The third-order valence-electron chi connectivity index (χ3n) is 5.17. The maximum atomic E-state index is 12.8. The van der Waals surface area contributed by atoms with E-state index >= 15 is 0 Å².